The van der Waals surface area contributed by atoms with Crippen molar-refractivity contribution >= 4 is 14.4 Å². The van der Waals surface area contributed by atoms with Gasteiger partial charge in [0.05, 0.1) is 0 Å². The van der Waals surface area contributed by atoms with Gasteiger partial charge in [0.2, 0.25) is 0 Å². The summed E-state index contributed by atoms with van der Waals surface area (Å²) in [5, 5.41) is 0. The van der Waals surface area contributed by atoms with Crippen LogP contribution in [0.2, 0.25) is 0 Å². The molecule has 0 aliphatic carbocycles. The third-order valence-electron chi connectivity index (χ3n) is 3.40. The summed E-state index contributed by atoms with van der Waals surface area (Å²) in [6, 6.07) is 0. The molecular formula is C17H38AlO4-. The van der Waals surface area contributed by atoms with Gasteiger partial charge in [-0.1, -0.05) is 33.1 Å². The number of unbranched alkanes of at least 4 members (excludes halogenated alkanes) is 1. The van der Waals surface area contributed by atoms with Gasteiger partial charge in [0.25, 0.3) is 0 Å². The second kappa shape index (κ2) is 11.8. The molecule has 22 heavy (non-hydrogen) atoms. The zero-order chi connectivity index (χ0) is 17.2. The smallest absolute Gasteiger partial charge is 0.587 e. The lowest BCUT2D eigenvalue weighted by Gasteiger charge is -2.42. The van der Waals surface area contributed by atoms with Gasteiger partial charge < -0.3 is 15.2 Å². The third kappa shape index (κ3) is 10.2. The number of hydrogen-bond donors (Lipinski definition) is 0. The van der Waals surface area contributed by atoms with E-state index in [-0.39, 0.29) is 18.3 Å². The fourth-order valence-electron chi connectivity index (χ4n) is 2.37. The summed E-state index contributed by atoms with van der Waals surface area (Å²) < 4.78 is 24.4. The summed E-state index contributed by atoms with van der Waals surface area (Å²) in [5.41, 5.74) is 0. The molecule has 0 spiro atoms. The van der Waals surface area contributed by atoms with Crippen molar-refractivity contribution in [1.29, 1.82) is 0 Å². The topological polar surface area (TPSA) is 36.9 Å². The lowest BCUT2D eigenvalue weighted by Crippen LogP contribution is -2.54. The Morgan fingerprint density at radius 1 is 0.773 bits per heavy atom. The Balaban J connectivity index is 4.92. The molecule has 0 aromatic carbocycles. The van der Waals surface area contributed by atoms with Gasteiger partial charge >= 0.3 is 14.4 Å². The van der Waals surface area contributed by atoms with E-state index in [9.17, 15) is 0 Å². The van der Waals surface area contributed by atoms with E-state index in [2.05, 4.69) is 13.8 Å². The Kier molecular flexibility index (Phi) is 12.0. The quantitative estimate of drug-likeness (QED) is 0.448. The highest BCUT2D eigenvalue weighted by Crippen LogP contribution is 2.22. The summed E-state index contributed by atoms with van der Waals surface area (Å²) in [5.74, 6) is 0.543. The molecule has 0 radical (unpaired) electrons. The molecule has 0 fully saturated rings. The fraction of sp³-hybridized carbons (Fsp3) is 1.00. The molecule has 0 rings (SSSR count). The standard InChI is InChI=1S/C8H17O.3C3H7O.Al/c1-3-5-6-8(4-2)7-9;3*1-3(2)4;/h8H,3-7H2,1-2H3;3*3H,1-2H3;/q4*-1;+3. The van der Waals surface area contributed by atoms with Crippen LogP contribution >= 0.6 is 0 Å². The van der Waals surface area contributed by atoms with Gasteiger partial charge in [0.1, 0.15) is 0 Å². The fourth-order valence-corrected chi connectivity index (χ4v) is 5.30. The Bertz CT molecular complexity index is 243. The van der Waals surface area contributed by atoms with E-state index in [1.807, 2.05) is 41.5 Å². The minimum Gasteiger partial charge on any atom is -0.587 e. The summed E-state index contributed by atoms with van der Waals surface area (Å²) in [7, 11) is 0. The molecule has 0 N–H and O–H groups in total. The van der Waals surface area contributed by atoms with Crippen LogP contribution in [-0.2, 0) is 15.2 Å². The Labute approximate surface area is 141 Å². The van der Waals surface area contributed by atoms with E-state index in [0.29, 0.717) is 12.5 Å². The van der Waals surface area contributed by atoms with Crippen LogP contribution in [0.25, 0.3) is 0 Å². The lowest BCUT2D eigenvalue weighted by atomic mass is 10.0. The third-order valence-corrected chi connectivity index (χ3v) is 6.63. The van der Waals surface area contributed by atoms with Crippen LogP contribution in [0.3, 0.4) is 0 Å². The first-order valence-electron chi connectivity index (χ1n) is 9.04. The highest BCUT2D eigenvalue weighted by Gasteiger charge is 2.49. The normalized spacial score (nSPS) is 14.3. The van der Waals surface area contributed by atoms with Gasteiger partial charge in [0.15, 0.2) is 0 Å². The number of rotatable bonds is 13. The Morgan fingerprint density at radius 2 is 1.23 bits per heavy atom. The van der Waals surface area contributed by atoms with Crippen molar-refractivity contribution in [3.63, 3.8) is 0 Å². The molecule has 5 heteroatoms. The molecule has 4 nitrogen and oxygen atoms in total. The Morgan fingerprint density at radius 3 is 1.55 bits per heavy atom. The van der Waals surface area contributed by atoms with Gasteiger partial charge in [-0.2, -0.15) is 0 Å². The van der Waals surface area contributed by atoms with E-state index in [1.165, 1.54) is 19.3 Å². The molecule has 0 aliphatic rings. The molecule has 0 heterocycles. The molecule has 0 saturated heterocycles. The predicted octanol–water partition coefficient (Wildman–Crippen LogP) is 4.93. The van der Waals surface area contributed by atoms with Crippen molar-refractivity contribution in [3.05, 3.63) is 0 Å². The van der Waals surface area contributed by atoms with Crippen LogP contribution in [-0.4, -0.2) is 39.3 Å². The monoisotopic (exact) mass is 333 g/mol. The van der Waals surface area contributed by atoms with Crippen LogP contribution in [0.5, 0.6) is 0 Å². The zero-order valence-electron chi connectivity index (χ0n) is 16.1. The first-order chi connectivity index (χ1) is 10.2. The average molecular weight is 333 g/mol. The predicted molar refractivity (Wildman–Crippen MR) is 93.7 cm³/mol. The summed E-state index contributed by atoms with van der Waals surface area (Å²) in [6.07, 6.45) is 4.83. The van der Waals surface area contributed by atoms with E-state index < -0.39 is 14.4 Å². The molecule has 0 aliphatic heterocycles. The van der Waals surface area contributed by atoms with Crippen LogP contribution < -0.4 is 0 Å². The molecule has 0 saturated carbocycles. The van der Waals surface area contributed by atoms with Gasteiger partial charge in [0, 0.05) is 0 Å². The van der Waals surface area contributed by atoms with Crippen LogP contribution in [0.4, 0.5) is 0 Å². The van der Waals surface area contributed by atoms with Crippen molar-refractivity contribution in [2.75, 3.05) is 6.61 Å². The van der Waals surface area contributed by atoms with E-state index in [0.717, 1.165) is 6.42 Å². The van der Waals surface area contributed by atoms with Gasteiger partial charge in [-0.15, -0.1) is 0 Å². The molecule has 0 amide bonds. The van der Waals surface area contributed by atoms with Crippen molar-refractivity contribution in [2.24, 2.45) is 5.92 Å². The minimum atomic E-state index is -3.44. The number of hydrogen-bond acceptors (Lipinski definition) is 4. The van der Waals surface area contributed by atoms with Crippen LogP contribution in [0.15, 0.2) is 0 Å². The van der Waals surface area contributed by atoms with Crippen LogP contribution in [0, 0.1) is 5.92 Å². The van der Waals surface area contributed by atoms with Crippen molar-refractivity contribution in [3.8, 4) is 0 Å². The lowest BCUT2D eigenvalue weighted by molar-refractivity contribution is -0.0798. The molecule has 0 bridgehead atoms. The maximum atomic E-state index is 6.21. The molecular weight excluding hydrogens is 295 g/mol. The maximum absolute atomic E-state index is 6.21. The first-order valence-corrected chi connectivity index (χ1v) is 10.9. The second-order valence-electron chi connectivity index (χ2n) is 6.88. The molecule has 0 aromatic rings. The Hall–Kier alpha value is 0.372. The average Bonchev–Trinajstić information content (AvgIpc) is 2.36. The first kappa shape index (κ1) is 22.4. The highest BCUT2D eigenvalue weighted by molar-refractivity contribution is 6.53. The van der Waals surface area contributed by atoms with Gasteiger partial charge in [-0.05, 0) is 78.8 Å². The van der Waals surface area contributed by atoms with Gasteiger partial charge in [-0.25, -0.2) is 0 Å². The SMILES string of the molecule is CCCCC(CC)C[O][Al-]([O]C(C)C)([O]C(C)C)[O]C(C)C. The summed E-state index contributed by atoms with van der Waals surface area (Å²) in [4.78, 5) is 0. The largest absolute Gasteiger partial charge is 0.876 e. The van der Waals surface area contributed by atoms with E-state index in [4.69, 9.17) is 15.2 Å². The summed E-state index contributed by atoms with van der Waals surface area (Å²) >= 11 is -3.44. The van der Waals surface area contributed by atoms with Crippen molar-refractivity contribution < 1.29 is 15.2 Å². The molecule has 134 valence electrons. The molecule has 1 unspecified atom stereocenters. The van der Waals surface area contributed by atoms with Crippen molar-refractivity contribution in [1.82, 2.24) is 0 Å². The van der Waals surface area contributed by atoms with Crippen LogP contribution in [0.1, 0.15) is 81.1 Å². The van der Waals surface area contributed by atoms with Crippen molar-refractivity contribution in [2.45, 2.75) is 99.4 Å². The van der Waals surface area contributed by atoms with E-state index >= 15 is 0 Å². The summed E-state index contributed by atoms with van der Waals surface area (Å²) in [6.45, 7) is 17.1. The minimum absolute atomic E-state index is 0.0261. The molecule has 1 atom stereocenters. The van der Waals surface area contributed by atoms with Gasteiger partial charge in [-0.3, -0.25) is 0 Å². The van der Waals surface area contributed by atoms with E-state index in [1.54, 1.807) is 0 Å². The molecule has 0 aromatic heterocycles. The maximum Gasteiger partial charge on any atom is 0.876 e. The second-order valence-corrected chi connectivity index (χ2v) is 9.19. The zero-order valence-corrected chi connectivity index (χ0v) is 17.2. The highest BCUT2D eigenvalue weighted by atomic mass is 27.3.